The van der Waals surface area contributed by atoms with E-state index in [0.29, 0.717) is 25.1 Å². The molecule has 0 aliphatic heterocycles. The third kappa shape index (κ3) is 2.84. The van der Waals surface area contributed by atoms with Crippen molar-refractivity contribution >= 4 is 11.5 Å². The molecular weight excluding hydrogens is 222 g/mol. The van der Waals surface area contributed by atoms with Crippen LogP contribution in [0.4, 0.5) is 8.78 Å². The van der Waals surface area contributed by atoms with E-state index in [2.05, 4.69) is 9.36 Å². The standard InChI is InChI=1S/C9H12F2N2OS/c10-9(11)3-1-6(2-4-9)5-7-12-8(14)15-13-7/h6H,1-5H2,(H,12,13,14). The highest BCUT2D eigenvalue weighted by molar-refractivity contribution is 7.02. The molecule has 0 spiro atoms. The topological polar surface area (TPSA) is 45.8 Å². The Morgan fingerprint density at radius 3 is 2.67 bits per heavy atom. The second kappa shape index (κ2) is 4.00. The Hall–Kier alpha value is -0.780. The number of H-pyrrole nitrogens is 1. The lowest BCUT2D eigenvalue weighted by Gasteiger charge is -2.27. The number of alkyl halides is 2. The van der Waals surface area contributed by atoms with Gasteiger partial charge in [0.1, 0.15) is 5.82 Å². The summed E-state index contributed by atoms with van der Waals surface area (Å²) in [6.07, 6.45) is 1.59. The van der Waals surface area contributed by atoms with Gasteiger partial charge in [-0.1, -0.05) is 0 Å². The van der Waals surface area contributed by atoms with E-state index in [9.17, 15) is 13.6 Å². The van der Waals surface area contributed by atoms with Gasteiger partial charge in [0, 0.05) is 30.8 Å². The van der Waals surface area contributed by atoms with Crippen LogP contribution in [0, 0.1) is 5.92 Å². The van der Waals surface area contributed by atoms with Gasteiger partial charge in [-0.2, -0.15) is 4.37 Å². The summed E-state index contributed by atoms with van der Waals surface area (Å²) in [5.74, 6) is -1.60. The maximum absolute atomic E-state index is 12.8. The van der Waals surface area contributed by atoms with Gasteiger partial charge in [0.25, 0.3) is 0 Å². The van der Waals surface area contributed by atoms with Crippen LogP contribution in [0.2, 0.25) is 0 Å². The fourth-order valence-corrected chi connectivity index (χ4v) is 2.40. The van der Waals surface area contributed by atoms with Crippen LogP contribution in [0.3, 0.4) is 0 Å². The van der Waals surface area contributed by atoms with Crippen molar-refractivity contribution in [3.8, 4) is 0 Å². The van der Waals surface area contributed by atoms with Crippen molar-refractivity contribution in [2.24, 2.45) is 5.92 Å². The van der Waals surface area contributed by atoms with Gasteiger partial charge in [0.05, 0.1) is 0 Å². The molecule has 0 saturated heterocycles. The molecule has 1 N–H and O–H groups in total. The molecule has 1 heterocycles. The highest BCUT2D eigenvalue weighted by Gasteiger charge is 2.34. The van der Waals surface area contributed by atoms with Crippen molar-refractivity contribution in [1.29, 1.82) is 0 Å². The summed E-state index contributed by atoms with van der Waals surface area (Å²) in [6, 6.07) is 0. The third-order valence-corrected chi connectivity index (χ3v) is 3.38. The second-order valence-electron chi connectivity index (χ2n) is 4.05. The first-order valence-electron chi connectivity index (χ1n) is 4.98. The van der Waals surface area contributed by atoms with E-state index < -0.39 is 5.92 Å². The average Bonchev–Trinajstić information content (AvgIpc) is 2.55. The molecule has 84 valence electrons. The summed E-state index contributed by atoms with van der Waals surface area (Å²) < 4.78 is 29.6. The van der Waals surface area contributed by atoms with Crippen molar-refractivity contribution in [1.82, 2.24) is 9.36 Å². The molecule has 0 bridgehead atoms. The van der Waals surface area contributed by atoms with Gasteiger partial charge in [-0.3, -0.25) is 9.78 Å². The number of nitrogens with zero attached hydrogens (tertiary/aromatic N) is 1. The molecular formula is C9H12F2N2OS. The molecule has 3 nitrogen and oxygen atoms in total. The highest BCUT2D eigenvalue weighted by atomic mass is 32.1. The molecule has 0 atom stereocenters. The van der Waals surface area contributed by atoms with Gasteiger partial charge < -0.3 is 0 Å². The van der Waals surface area contributed by atoms with Gasteiger partial charge in [-0.05, 0) is 18.8 Å². The van der Waals surface area contributed by atoms with Crippen molar-refractivity contribution in [3.63, 3.8) is 0 Å². The zero-order valence-corrected chi connectivity index (χ0v) is 8.95. The van der Waals surface area contributed by atoms with Crippen molar-refractivity contribution in [3.05, 3.63) is 15.5 Å². The monoisotopic (exact) mass is 234 g/mol. The van der Waals surface area contributed by atoms with Gasteiger partial charge in [-0.15, -0.1) is 0 Å². The van der Waals surface area contributed by atoms with Crippen LogP contribution in [0.5, 0.6) is 0 Å². The van der Waals surface area contributed by atoms with Gasteiger partial charge in [-0.25, -0.2) is 8.78 Å². The molecule has 1 fully saturated rings. The van der Waals surface area contributed by atoms with Crippen LogP contribution in [0.1, 0.15) is 31.5 Å². The van der Waals surface area contributed by atoms with E-state index in [1.165, 1.54) is 0 Å². The lowest BCUT2D eigenvalue weighted by molar-refractivity contribution is -0.0458. The zero-order valence-electron chi connectivity index (χ0n) is 8.13. The summed E-state index contributed by atoms with van der Waals surface area (Å²) in [5, 5.41) is 0. The number of nitrogens with one attached hydrogen (secondary N) is 1. The molecule has 1 aliphatic rings. The molecule has 1 aromatic rings. The van der Waals surface area contributed by atoms with E-state index in [0.717, 1.165) is 11.5 Å². The van der Waals surface area contributed by atoms with Gasteiger partial charge >= 0.3 is 4.87 Å². The number of aromatic nitrogens is 2. The fraction of sp³-hybridized carbons (Fsp3) is 0.778. The van der Waals surface area contributed by atoms with Crippen LogP contribution in [-0.4, -0.2) is 15.3 Å². The fourth-order valence-electron chi connectivity index (χ4n) is 1.93. The predicted molar refractivity (Wildman–Crippen MR) is 53.3 cm³/mol. The number of aromatic amines is 1. The SMILES string of the molecule is O=c1[nH]c(CC2CCC(F)(F)CC2)ns1. The van der Waals surface area contributed by atoms with E-state index in [1.807, 2.05) is 0 Å². The van der Waals surface area contributed by atoms with Crippen molar-refractivity contribution in [2.45, 2.75) is 38.0 Å². The van der Waals surface area contributed by atoms with Crippen molar-refractivity contribution in [2.75, 3.05) is 0 Å². The summed E-state index contributed by atoms with van der Waals surface area (Å²) in [4.78, 5) is 13.2. The molecule has 0 aromatic carbocycles. The molecule has 1 saturated carbocycles. The number of hydrogen-bond donors (Lipinski definition) is 1. The Balaban J connectivity index is 1.90. The summed E-state index contributed by atoms with van der Waals surface area (Å²) in [5.41, 5.74) is 0. The third-order valence-electron chi connectivity index (χ3n) is 2.80. The Kier molecular flexibility index (Phi) is 2.86. The molecule has 2 rings (SSSR count). The summed E-state index contributed by atoms with van der Waals surface area (Å²) in [7, 11) is 0. The normalized spacial score (nSPS) is 21.7. The average molecular weight is 234 g/mol. The smallest absolute Gasteiger partial charge is 0.300 e. The van der Waals surface area contributed by atoms with E-state index in [4.69, 9.17) is 0 Å². The molecule has 0 amide bonds. The first kappa shape index (κ1) is 10.7. The Bertz CT molecular complexity index is 377. The van der Waals surface area contributed by atoms with Crippen LogP contribution in [0.25, 0.3) is 0 Å². The van der Waals surface area contributed by atoms with Gasteiger partial charge in [0.15, 0.2) is 0 Å². The maximum atomic E-state index is 12.8. The van der Waals surface area contributed by atoms with Crippen LogP contribution >= 0.6 is 11.5 Å². The number of rotatable bonds is 2. The maximum Gasteiger partial charge on any atom is 0.323 e. The van der Waals surface area contributed by atoms with E-state index >= 15 is 0 Å². The predicted octanol–water partition coefficient (Wildman–Crippen LogP) is 2.20. The second-order valence-corrected chi connectivity index (χ2v) is 4.78. The van der Waals surface area contributed by atoms with Gasteiger partial charge in [0.2, 0.25) is 5.92 Å². The quantitative estimate of drug-likeness (QED) is 0.852. The number of halogens is 2. The molecule has 15 heavy (non-hydrogen) atoms. The lowest BCUT2D eigenvalue weighted by Crippen LogP contribution is -2.25. The minimum atomic E-state index is -2.48. The largest absolute Gasteiger partial charge is 0.323 e. The molecule has 1 aromatic heterocycles. The molecule has 1 aliphatic carbocycles. The highest BCUT2D eigenvalue weighted by Crippen LogP contribution is 2.36. The summed E-state index contributed by atoms with van der Waals surface area (Å²) >= 11 is 0.884. The molecule has 6 heteroatoms. The first-order chi connectivity index (χ1) is 7.05. The molecule has 0 unspecified atom stereocenters. The summed E-state index contributed by atoms with van der Waals surface area (Å²) in [6.45, 7) is 0. The zero-order chi connectivity index (χ0) is 10.9. The lowest BCUT2D eigenvalue weighted by atomic mass is 9.85. The molecule has 0 radical (unpaired) electrons. The first-order valence-corrected chi connectivity index (χ1v) is 5.75. The Morgan fingerprint density at radius 2 is 2.13 bits per heavy atom. The minimum absolute atomic E-state index is 0.0357. The Labute approximate surface area is 89.7 Å². The minimum Gasteiger partial charge on any atom is -0.300 e. The van der Waals surface area contributed by atoms with Crippen LogP contribution < -0.4 is 4.87 Å². The van der Waals surface area contributed by atoms with Crippen LogP contribution in [0.15, 0.2) is 4.79 Å². The van der Waals surface area contributed by atoms with E-state index in [1.54, 1.807) is 0 Å². The van der Waals surface area contributed by atoms with Crippen molar-refractivity contribution < 1.29 is 8.78 Å². The van der Waals surface area contributed by atoms with Crippen LogP contribution in [-0.2, 0) is 6.42 Å². The number of hydrogen-bond acceptors (Lipinski definition) is 3. The van der Waals surface area contributed by atoms with E-state index in [-0.39, 0.29) is 23.6 Å². The Morgan fingerprint density at radius 1 is 1.47 bits per heavy atom.